The molecule has 1 aliphatic rings. The summed E-state index contributed by atoms with van der Waals surface area (Å²) in [6, 6.07) is 6.11. The third-order valence-electron chi connectivity index (χ3n) is 2.65. The second-order valence-electron chi connectivity index (χ2n) is 4.37. The van der Waals surface area contributed by atoms with Gasteiger partial charge in [-0.25, -0.2) is 5.01 Å². The van der Waals surface area contributed by atoms with Gasteiger partial charge in [0.2, 0.25) is 0 Å². The molecule has 96 valence electrons. The number of hydrazone groups is 1. The summed E-state index contributed by atoms with van der Waals surface area (Å²) >= 11 is 5.75. The summed E-state index contributed by atoms with van der Waals surface area (Å²) in [4.78, 5) is 11.8. The molecule has 0 fully saturated rings. The number of benzene rings is 1. The maximum Gasteiger partial charge on any atom is 0.309 e. The molecular weight excluding hydrogens is 256 g/mol. The van der Waals surface area contributed by atoms with Crippen LogP contribution < -0.4 is 0 Å². The normalized spacial score (nSPS) is 18.4. The van der Waals surface area contributed by atoms with E-state index in [1.165, 1.54) is 0 Å². The van der Waals surface area contributed by atoms with Gasteiger partial charge >= 0.3 is 5.91 Å². The number of aliphatic hydroxyl groups is 2. The van der Waals surface area contributed by atoms with Crippen molar-refractivity contribution in [1.29, 1.82) is 0 Å². The summed E-state index contributed by atoms with van der Waals surface area (Å²) in [5.74, 6) is -3.43. The second kappa shape index (κ2) is 4.35. The van der Waals surface area contributed by atoms with Crippen LogP contribution in [-0.4, -0.2) is 38.7 Å². The monoisotopic (exact) mass is 268 g/mol. The molecule has 0 bridgehead atoms. The van der Waals surface area contributed by atoms with Crippen LogP contribution in [0.1, 0.15) is 19.4 Å². The third kappa shape index (κ3) is 2.01. The standard InChI is InChI=1S/C12H13ClN2O3/c1-7(2)15-11(16)12(17,18)10(14-15)8-3-5-9(13)6-4-8/h3-7,17-18H,1-2H3. The molecule has 6 heteroatoms. The Balaban J connectivity index is 2.46. The summed E-state index contributed by atoms with van der Waals surface area (Å²) in [5, 5.41) is 25.3. The summed E-state index contributed by atoms with van der Waals surface area (Å²) in [5.41, 5.74) is 0.360. The van der Waals surface area contributed by atoms with Crippen LogP contribution in [0, 0.1) is 0 Å². The molecule has 1 amide bonds. The van der Waals surface area contributed by atoms with E-state index in [2.05, 4.69) is 5.10 Å². The SMILES string of the molecule is CC(C)N1N=C(c2ccc(Cl)cc2)C(O)(O)C1=O. The molecule has 1 aromatic rings. The van der Waals surface area contributed by atoms with E-state index in [9.17, 15) is 15.0 Å². The van der Waals surface area contributed by atoms with E-state index >= 15 is 0 Å². The molecule has 0 saturated carbocycles. The Bertz CT molecular complexity index is 509. The van der Waals surface area contributed by atoms with Gasteiger partial charge < -0.3 is 10.2 Å². The summed E-state index contributed by atoms with van der Waals surface area (Å²) in [6.07, 6.45) is 0. The van der Waals surface area contributed by atoms with Crippen molar-refractivity contribution < 1.29 is 15.0 Å². The van der Waals surface area contributed by atoms with E-state index in [0.29, 0.717) is 10.6 Å². The summed E-state index contributed by atoms with van der Waals surface area (Å²) in [7, 11) is 0. The van der Waals surface area contributed by atoms with Crippen molar-refractivity contribution in [3.05, 3.63) is 34.9 Å². The number of hydrogen-bond acceptors (Lipinski definition) is 4. The zero-order valence-corrected chi connectivity index (χ0v) is 10.7. The first-order valence-electron chi connectivity index (χ1n) is 5.47. The molecule has 5 nitrogen and oxygen atoms in total. The predicted molar refractivity (Wildman–Crippen MR) is 67.1 cm³/mol. The van der Waals surface area contributed by atoms with Crippen molar-refractivity contribution in [2.45, 2.75) is 25.7 Å². The zero-order chi connectivity index (χ0) is 13.5. The molecule has 2 N–H and O–H groups in total. The molecule has 1 aliphatic heterocycles. The number of nitrogens with zero attached hydrogens (tertiary/aromatic N) is 2. The Morgan fingerprint density at radius 1 is 1.28 bits per heavy atom. The van der Waals surface area contributed by atoms with Gasteiger partial charge in [0.15, 0.2) is 0 Å². The first kappa shape index (κ1) is 13.0. The quantitative estimate of drug-likeness (QED) is 0.785. The number of rotatable bonds is 2. The minimum absolute atomic E-state index is 0.0853. The lowest BCUT2D eigenvalue weighted by molar-refractivity contribution is -0.169. The lowest BCUT2D eigenvalue weighted by Crippen LogP contribution is -2.47. The molecular formula is C12H13ClN2O3. The Hall–Kier alpha value is -1.43. The Morgan fingerprint density at radius 3 is 2.28 bits per heavy atom. The van der Waals surface area contributed by atoms with Crippen molar-refractivity contribution in [2.24, 2.45) is 5.10 Å². The van der Waals surface area contributed by atoms with Crippen molar-refractivity contribution in [2.75, 3.05) is 0 Å². The van der Waals surface area contributed by atoms with Gasteiger partial charge in [-0.3, -0.25) is 4.79 Å². The molecule has 1 aromatic carbocycles. The minimum Gasteiger partial charge on any atom is -0.353 e. The molecule has 0 saturated heterocycles. The van der Waals surface area contributed by atoms with Crippen LogP contribution in [0.15, 0.2) is 29.4 Å². The van der Waals surface area contributed by atoms with Gasteiger partial charge in [-0.15, -0.1) is 0 Å². The maximum atomic E-state index is 11.8. The molecule has 2 rings (SSSR count). The van der Waals surface area contributed by atoms with Crippen LogP contribution in [0.2, 0.25) is 5.02 Å². The lowest BCUT2D eigenvalue weighted by atomic mass is 10.0. The average molecular weight is 269 g/mol. The van der Waals surface area contributed by atoms with Crippen molar-refractivity contribution in [3.8, 4) is 0 Å². The van der Waals surface area contributed by atoms with Gasteiger partial charge in [0.05, 0.1) is 6.04 Å². The second-order valence-corrected chi connectivity index (χ2v) is 4.81. The van der Waals surface area contributed by atoms with E-state index < -0.39 is 11.7 Å². The average Bonchev–Trinajstić information content (AvgIpc) is 2.53. The Labute approximate surface area is 109 Å². The number of carbonyl (C=O) groups is 1. The van der Waals surface area contributed by atoms with Gasteiger partial charge in [0, 0.05) is 10.6 Å². The predicted octanol–water partition coefficient (Wildman–Crippen LogP) is 0.976. The number of amides is 1. The van der Waals surface area contributed by atoms with Gasteiger partial charge in [-0.05, 0) is 26.0 Å². The van der Waals surface area contributed by atoms with Crippen molar-refractivity contribution >= 4 is 23.2 Å². The van der Waals surface area contributed by atoms with E-state index in [4.69, 9.17) is 11.6 Å². The van der Waals surface area contributed by atoms with Crippen molar-refractivity contribution in [3.63, 3.8) is 0 Å². The smallest absolute Gasteiger partial charge is 0.309 e. The fourth-order valence-corrected chi connectivity index (χ4v) is 1.83. The Morgan fingerprint density at radius 2 is 1.83 bits per heavy atom. The largest absolute Gasteiger partial charge is 0.353 e. The maximum absolute atomic E-state index is 11.8. The van der Waals surface area contributed by atoms with Crippen LogP contribution in [-0.2, 0) is 4.79 Å². The summed E-state index contributed by atoms with van der Waals surface area (Å²) in [6.45, 7) is 3.48. The molecule has 0 atom stereocenters. The lowest BCUT2D eigenvalue weighted by Gasteiger charge is -2.19. The van der Waals surface area contributed by atoms with Crippen LogP contribution in [0.5, 0.6) is 0 Å². The molecule has 0 aromatic heterocycles. The first-order valence-corrected chi connectivity index (χ1v) is 5.85. The highest BCUT2D eigenvalue weighted by atomic mass is 35.5. The number of carbonyl (C=O) groups excluding carboxylic acids is 1. The molecule has 0 spiro atoms. The molecule has 0 radical (unpaired) electrons. The van der Waals surface area contributed by atoms with Crippen LogP contribution in [0.3, 0.4) is 0 Å². The van der Waals surface area contributed by atoms with E-state index in [1.54, 1.807) is 38.1 Å². The van der Waals surface area contributed by atoms with Gasteiger partial charge in [-0.2, -0.15) is 5.10 Å². The molecule has 0 unspecified atom stereocenters. The molecule has 1 heterocycles. The van der Waals surface area contributed by atoms with Crippen LogP contribution in [0.25, 0.3) is 0 Å². The number of halogens is 1. The highest BCUT2D eigenvalue weighted by Crippen LogP contribution is 2.25. The fraction of sp³-hybridized carbons (Fsp3) is 0.333. The summed E-state index contributed by atoms with van der Waals surface area (Å²) < 4.78 is 0. The Kier molecular flexibility index (Phi) is 3.14. The van der Waals surface area contributed by atoms with Crippen LogP contribution in [0.4, 0.5) is 0 Å². The molecule has 0 aliphatic carbocycles. The van der Waals surface area contributed by atoms with Crippen molar-refractivity contribution in [1.82, 2.24) is 5.01 Å². The highest BCUT2D eigenvalue weighted by Gasteiger charge is 2.49. The van der Waals surface area contributed by atoms with Crippen LogP contribution >= 0.6 is 11.6 Å². The topological polar surface area (TPSA) is 73.1 Å². The number of hydrogen-bond donors (Lipinski definition) is 2. The first-order chi connectivity index (χ1) is 8.34. The molecule has 18 heavy (non-hydrogen) atoms. The third-order valence-corrected chi connectivity index (χ3v) is 2.90. The van der Waals surface area contributed by atoms with E-state index in [0.717, 1.165) is 5.01 Å². The minimum atomic E-state index is -2.59. The van der Waals surface area contributed by atoms with Gasteiger partial charge in [0.25, 0.3) is 5.79 Å². The fourth-order valence-electron chi connectivity index (χ4n) is 1.70. The van der Waals surface area contributed by atoms with Gasteiger partial charge in [0.1, 0.15) is 5.71 Å². The highest BCUT2D eigenvalue weighted by molar-refractivity contribution is 6.30. The zero-order valence-electron chi connectivity index (χ0n) is 9.96. The van der Waals surface area contributed by atoms with E-state index in [-0.39, 0.29) is 11.8 Å². The van der Waals surface area contributed by atoms with E-state index in [1.807, 2.05) is 0 Å². The van der Waals surface area contributed by atoms with Gasteiger partial charge in [-0.1, -0.05) is 23.7 Å².